The standard InChI is InChI=1S/C12H10BrN3O/c1-16(8-10-4-5-11(13)17-10)12-9(7-14)3-2-6-15-12/h2-6H,8H2,1H3. The largest absolute Gasteiger partial charge is 0.452 e. The lowest BCUT2D eigenvalue weighted by Gasteiger charge is -2.17. The van der Waals surface area contributed by atoms with Crippen LogP contribution in [-0.4, -0.2) is 12.0 Å². The monoisotopic (exact) mass is 291 g/mol. The average Bonchev–Trinajstić information content (AvgIpc) is 2.74. The van der Waals surface area contributed by atoms with E-state index in [0.717, 1.165) is 5.76 Å². The topological polar surface area (TPSA) is 53.1 Å². The summed E-state index contributed by atoms with van der Waals surface area (Å²) in [5.41, 5.74) is 0.556. The smallest absolute Gasteiger partial charge is 0.169 e. The molecule has 0 atom stereocenters. The predicted molar refractivity (Wildman–Crippen MR) is 67.5 cm³/mol. The minimum Gasteiger partial charge on any atom is -0.452 e. The zero-order valence-electron chi connectivity index (χ0n) is 9.22. The van der Waals surface area contributed by atoms with Crippen LogP contribution in [0.3, 0.4) is 0 Å². The van der Waals surface area contributed by atoms with Gasteiger partial charge in [-0.1, -0.05) is 0 Å². The first-order valence-corrected chi connectivity index (χ1v) is 5.80. The number of hydrogen-bond acceptors (Lipinski definition) is 4. The highest BCUT2D eigenvalue weighted by Gasteiger charge is 2.10. The van der Waals surface area contributed by atoms with E-state index in [1.165, 1.54) is 0 Å². The van der Waals surface area contributed by atoms with E-state index in [9.17, 15) is 0 Å². The number of nitrogens with zero attached hydrogens (tertiary/aromatic N) is 3. The van der Waals surface area contributed by atoms with Gasteiger partial charge in [0.2, 0.25) is 0 Å². The molecule has 5 heteroatoms. The van der Waals surface area contributed by atoms with Gasteiger partial charge >= 0.3 is 0 Å². The van der Waals surface area contributed by atoms with Crippen molar-refractivity contribution in [2.24, 2.45) is 0 Å². The van der Waals surface area contributed by atoms with Crippen molar-refractivity contribution in [2.45, 2.75) is 6.54 Å². The van der Waals surface area contributed by atoms with Crippen molar-refractivity contribution in [2.75, 3.05) is 11.9 Å². The molecule has 0 aromatic carbocycles. The zero-order valence-corrected chi connectivity index (χ0v) is 10.8. The number of halogens is 1. The quantitative estimate of drug-likeness (QED) is 0.872. The van der Waals surface area contributed by atoms with E-state index in [1.807, 2.05) is 24.1 Å². The first-order valence-electron chi connectivity index (χ1n) is 5.01. The second kappa shape index (κ2) is 5.02. The van der Waals surface area contributed by atoms with Crippen LogP contribution in [0.25, 0.3) is 0 Å². The van der Waals surface area contributed by atoms with Gasteiger partial charge in [-0.2, -0.15) is 5.26 Å². The SMILES string of the molecule is CN(Cc1ccc(Br)o1)c1ncccc1C#N. The van der Waals surface area contributed by atoms with Gasteiger partial charge < -0.3 is 9.32 Å². The van der Waals surface area contributed by atoms with Gasteiger partial charge in [-0.3, -0.25) is 0 Å². The highest BCUT2D eigenvalue weighted by atomic mass is 79.9. The van der Waals surface area contributed by atoms with Gasteiger partial charge in [-0.25, -0.2) is 4.98 Å². The van der Waals surface area contributed by atoms with Crippen LogP contribution in [0.15, 0.2) is 39.5 Å². The van der Waals surface area contributed by atoms with Crippen LogP contribution in [0.2, 0.25) is 0 Å². The van der Waals surface area contributed by atoms with Crippen molar-refractivity contribution in [1.29, 1.82) is 5.26 Å². The molecule has 0 aliphatic carbocycles. The van der Waals surface area contributed by atoms with Crippen molar-refractivity contribution >= 4 is 21.7 Å². The third-order valence-corrected chi connectivity index (χ3v) is 2.72. The highest BCUT2D eigenvalue weighted by molar-refractivity contribution is 9.10. The second-order valence-electron chi connectivity index (χ2n) is 3.55. The Morgan fingerprint density at radius 3 is 2.94 bits per heavy atom. The number of anilines is 1. The molecule has 0 aliphatic heterocycles. The first-order chi connectivity index (χ1) is 8.20. The lowest BCUT2D eigenvalue weighted by atomic mass is 10.2. The Morgan fingerprint density at radius 1 is 1.47 bits per heavy atom. The maximum absolute atomic E-state index is 8.99. The van der Waals surface area contributed by atoms with Crippen LogP contribution in [0.4, 0.5) is 5.82 Å². The van der Waals surface area contributed by atoms with Crippen molar-refractivity contribution in [3.05, 3.63) is 46.5 Å². The molecular weight excluding hydrogens is 282 g/mol. The third-order valence-electron chi connectivity index (χ3n) is 2.29. The van der Waals surface area contributed by atoms with Gasteiger partial charge in [-0.05, 0) is 40.2 Å². The van der Waals surface area contributed by atoms with Crippen LogP contribution in [0.1, 0.15) is 11.3 Å². The van der Waals surface area contributed by atoms with Gasteiger partial charge in [-0.15, -0.1) is 0 Å². The van der Waals surface area contributed by atoms with Crippen molar-refractivity contribution in [3.63, 3.8) is 0 Å². The molecule has 0 aliphatic rings. The molecular formula is C12H10BrN3O. The highest BCUT2D eigenvalue weighted by Crippen LogP contribution is 2.20. The molecule has 0 saturated carbocycles. The molecule has 0 radical (unpaired) electrons. The number of rotatable bonds is 3. The molecule has 86 valence electrons. The van der Waals surface area contributed by atoms with Gasteiger partial charge in [0, 0.05) is 13.2 Å². The minimum absolute atomic E-state index is 0.556. The molecule has 17 heavy (non-hydrogen) atoms. The van der Waals surface area contributed by atoms with E-state index in [0.29, 0.717) is 22.6 Å². The summed E-state index contributed by atoms with van der Waals surface area (Å²) in [4.78, 5) is 6.08. The summed E-state index contributed by atoms with van der Waals surface area (Å²) in [6.07, 6.45) is 1.67. The summed E-state index contributed by atoms with van der Waals surface area (Å²) in [5, 5.41) is 8.99. The summed E-state index contributed by atoms with van der Waals surface area (Å²) in [5.74, 6) is 1.47. The third kappa shape index (κ3) is 2.66. The molecule has 0 amide bonds. The van der Waals surface area contributed by atoms with Crippen LogP contribution in [0.5, 0.6) is 0 Å². The fourth-order valence-corrected chi connectivity index (χ4v) is 1.87. The number of pyridine rings is 1. The lowest BCUT2D eigenvalue weighted by molar-refractivity contribution is 0.486. The van der Waals surface area contributed by atoms with Crippen molar-refractivity contribution in [1.82, 2.24) is 4.98 Å². The predicted octanol–water partition coefficient (Wildman–Crippen LogP) is 2.95. The molecule has 0 spiro atoms. The van der Waals surface area contributed by atoms with Gasteiger partial charge in [0.15, 0.2) is 4.67 Å². The summed E-state index contributed by atoms with van der Waals surface area (Å²) < 4.78 is 6.11. The van der Waals surface area contributed by atoms with Crippen LogP contribution in [0, 0.1) is 11.3 Å². The maximum Gasteiger partial charge on any atom is 0.169 e. The molecule has 0 saturated heterocycles. The summed E-state index contributed by atoms with van der Waals surface area (Å²) in [6, 6.07) is 9.34. The number of nitriles is 1. The molecule has 0 fully saturated rings. The van der Waals surface area contributed by atoms with Crippen LogP contribution >= 0.6 is 15.9 Å². The fraction of sp³-hybridized carbons (Fsp3) is 0.167. The Morgan fingerprint density at radius 2 is 2.29 bits per heavy atom. The summed E-state index contributed by atoms with van der Waals surface area (Å²) in [7, 11) is 1.87. The maximum atomic E-state index is 8.99. The number of hydrogen-bond donors (Lipinski definition) is 0. The van der Waals surface area contributed by atoms with Gasteiger partial charge in [0.05, 0.1) is 12.1 Å². The van der Waals surface area contributed by atoms with E-state index in [1.54, 1.807) is 18.3 Å². The first kappa shape index (κ1) is 11.7. The Bertz CT molecular complexity index is 559. The van der Waals surface area contributed by atoms with E-state index >= 15 is 0 Å². The fourth-order valence-electron chi connectivity index (χ4n) is 1.53. The molecule has 2 aromatic heterocycles. The molecule has 0 N–H and O–H groups in total. The lowest BCUT2D eigenvalue weighted by Crippen LogP contribution is -2.18. The van der Waals surface area contributed by atoms with Crippen LogP contribution in [-0.2, 0) is 6.54 Å². The number of furan rings is 1. The summed E-state index contributed by atoms with van der Waals surface area (Å²) >= 11 is 3.25. The molecule has 0 bridgehead atoms. The molecule has 4 nitrogen and oxygen atoms in total. The number of aromatic nitrogens is 1. The molecule has 2 heterocycles. The normalized spacial score (nSPS) is 9.94. The Balaban J connectivity index is 2.20. The van der Waals surface area contributed by atoms with Crippen molar-refractivity contribution in [3.8, 4) is 6.07 Å². The van der Waals surface area contributed by atoms with Gasteiger partial charge in [0.25, 0.3) is 0 Å². The molecule has 2 aromatic rings. The second-order valence-corrected chi connectivity index (χ2v) is 4.33. The van der Waals surface area contributed by atoms with E-state index < -0.39 is 0 Å². The molecule has 2 rings (SSSR count). The Hall–Kier alpha value is -1.80. The zero-order chi connectivity index (χ0) is 12.3. The minimum atomic E-state index is 0.556. The van der Waals surface area contributed by atoms with E-state index in [4.69, 9.17) is 9.68 Å². The average molecular weight is 292 g/mol. The van der Waals surface area contributed by atoms with Gasteiger partial charge in [0.1, 0.15) is 17.6 Å². The summed E-state index contributed by atoms with van der Waals surface area (Å²) in [6.45, 7) is 0.567. The van der Waals surface area contributed by atoms with Crippen molar-refractivity contribution < 1.29 is 4.42 Å². The molecule has 0 unspecified atom stereocenters. The van der Waals surface area contributed by atoms with E-state index in [2.05, 4.69) is 27.0 Å². The van der Waals surface area contributed by atoms with E-state index in [-0.39, 0.29) is 0 Å². The van der Waals surface area contributed by atoms with Crippen LogP contribution < -0.4 is 4.90 Å². The Kier molecular flexibility index (Phi) is 3.45. The Labute approximate surface area is 108 Å².